The maximum absolute atomic E-state index is 9.68. The van der Waals surface area contributed by atoms with Crippen molar-refractivity contribution in [3.8, 4) is 11.3 Å². The second kappa shape index (κ2) is 8.40. The van der Waals surface area contributed by atoms with E-state index in [0.717, 1.165) is 30.3 Å². The number of pyridine rings is 1. The van der Waals surface area contributed by atoms with Gasteiger partial charge in [-0.15, -0.1) is 0 Å². The molecule has 0 aromatic carbocycles. The number of halogens is 1. The van der Waals surface area contributed by atoms with E-state index >= 15 is 0 Å². The van der Waals surface area contributed by atoms with Gasteiger partial charge in [0.2, 0.25) is 5.95 Å². The standard InChI is InChI=1S/C22H28ClN5O2/c1-4-5-15-6-13-8-17(30-18(13)9-25-15)19-20(23)27-22(24)28-21(19)26-16-7-14(10-29)11(2)12(16)3/h6,8-9,11-12,14,16,29H,4-5,7,10H2,1-3H3,(H3,24,26,27,28). The number of nitrogen functional groups attached to an aromatic ring is 1. The van der Waals surface area contributed by atoms with Gasteiger partial charge in [-0.05, 0) is 42.7 Å². The van der Waals surface area contributed by atoms with Crippen LogP contribution in [0, 0.1) is 17.8 Å². The molecule has 0 radical (unpaired) electrons. The molecule has 0 aliphatic heterocycles. The van der Waals surface area contributed by atoms with Crippen LogP contribution in [0.25, 0.3) is 22.3 Å². The molecule has 0 saturated heterocycles. The predicted octanol–water partition coefficient (Wildman–Crippen LogP) is 4.54. The summed E-state index contributed by atoms with van der Waals surface area (Å²) in [5.41, 5.74) is 8.20. The molecular weight excluding hydrogens is 402 g/mol. The topological polar surface area (TPSA) is 110 Å². The van der Waals surface area contributed by atoms with Gasteiger partial charge in [0.05, 0.1) is 11.8 Å². The lowest BCUT2D eigenvalue weighted by Crippen LogP contribution is -2.25. The SMILES string of the molecule is CCCc1cc2cc(-c3c(Cl)nc(N)nc3NC3CC(CO)C(C)C3C)oc2cn1. The molecule has 0 amide bonds. The van der Waals surface area contributed by atoms with Crippen molar-refractivity contribution in [3.05, 3.63) is 29.2 Å². The van der Waals surface area contributed by atoms with E-state index in [1.54, 1.807) is 6.20 Å². The summed E-state index contributed by atoms with van der Waals surface area (Å²) in [6, 6.07) is 4.13. The predicted molar refractivity (Wildman–Crippen MR) is 119 cm³/mol. The molecule has 1 fully saturated rings. The van der Waals surface area contributed by atoms with Gasteiger partial charge in [-0.25, -0.2) is 4.98 Å². The van der Waals surface area contributed by atoms with Gasteiger partial charge in [-0.1, -0.05) is 38.8 Å². The molecule has 4 atom stereocenters. The maximum atomic E-state index is 9.68. The monoisotopic (exact) mass is 429 g/mol. The normalized spacial score (nSPS) is 23.9. The van der Waals surface area contributed by atoms with Gasteiger partial charge in [0.15, 0.2) is 5.58 Å². The molecule has 7 nitrogen and oxygen atoms in total. The average molecular weight is 430 g/mol. The van der Waals surface area contributed by atoms with Crippen LogP contribution in [0.1, 0.15) is 39.3 Å². The van der Waals surface area contributed by atoms with Gasteiger partial charge in [-0.2, -0.15) is 4.98 Å². The summed E-state index contributed by atoms with van der Waals surface area (Å²) in [5, 5.41) is 14.4. The highest BCUT2D eigenvalue weighted by molar-refractivity contribution is 6.32. The molecule has 3 aromatic rings. The van der Waals surface area contributed by atoms with Crippen LogP contribution in [0.15, 0.2) is 22.7 Å². The van der Waals surface area contributed by atoms with Crippen LogP contribution in [-0.2, 0) is 6.42 Å². The van der Waals surface area contributed by atoms with Crippen LogP contribution in [0.3, 0.4) is 0 Å². The van der Waals surface area contributed by atoms with Gasteiger partial charge in [0, 0.05) is 23.7 Å². The average Bonchev–Trinajstić information content (AvgIpc) is 3.23. The van der Waals surface area contributed by atoms with Crippen molar-refractivity contribution in [2.45, 2.75) is 46.1 Å². The first-order valence-corrected chi connectivity index (χ1v) is 10.9. The van der Waals surface area contributed by atoms with E-state index in [4.69, 9.17) is 21.8 Å². The van der Waals surface area contributed by atoms with Crippen LogP contribution in [0.5, 0.6) is 0 Å². The van der Waals surface area contributed by atoms with Crippen molar-refractivity contribution >= 4 is 34.3 Å². The zero-order valence-corrected chi connectivity index (χ0v) is 18.3. The highest BCUT2D eigenvalue weighted by Crippen LogP contribution is 2.41. The molecule has 0 bridgehead atoms. The fourth-order valence-corrected chi connectivity index (χ4v) is 4.71. The first-order valence-electron chi connectivity index (χ1n) is 10.5. The Morgan fingerprint density at radius 3 is 2.77 bits per heavy atom. The van der Waals surface area contributed by atoms with Gasteiger partial charge in [0.25, 0.3) is 0 Å². The first kappa shape index (κ1) is 20.9. The molecule has 3 heterocycles. The number of aliphatic hydroxyl groups is 1. The highest BCUT2D eigenvalue weighted by Gasteiger charge is 2.38. The van der Waals surface area contributed by atoms with Gasteiger partial charge in [-0.3, -0.25) is 4.98 Å². The van der Waals surface area contributed by atoms with E-state index in [2.05, 4.69) is 41.0 Å². The largest absolute Gasteiger partial charge is 0.454 e. The lowest BCUT2D eigenvalue weighted by molar-refractivity contribution is 0.191. The Balaban J connectivity index is 1.73. The minimum absolute atomic E-state index is 0.103. The second-order valence-corrected chi connectivity index (χ2v) is 8.68. The van der Waals surface area contributed by atoms with Crippen molar-refractivity contribution in [1.29, 1.82) is 0 Å². The van der Waals surface area contributed by atoms with Gasteiger partial charge in [0.1, 0.15) is 16.7 Å². The molecule has 1 saturated carbocycles. The number of nitrogens with two attached hydrogens (primary N) is 1. The van der Waals surface area contributed by atoms with E-state index < -0.39 is 0 Å². The highest BCUT2D eigenvalue weighted by atomic mass is 35.5. The molecular formula is C22H28ClN5O2. The Morgan fingerprint density at radius 2 is 2.07 bits per heavy atom. The van der Waals surface area contributed by atoms with Gasteiger partial charge >= 0.3 is 0 Å². The number of aryl methyl sites for hydroxylation is 1. The fraction of sp³-hybridized carbons (Fsp3) is 0.500. The Kier molecular flexibility index (Phi) is 5.84. The minimum atomic E-state index is 0.103. The number of nitrogens with one attached hydrogen (secondary N) is 1. The van der Waals surface area contributed by atoms with Crippen molar-refractivity contribution in [1.82, 2.24) is 15.0 Å². The van der Waals surface area contributed by atoms with Gasteiger partial charge < -0.3 is 20.6 Å². The van der Waals surface area contributed by atoms with Crippen molar-refractivity contribution in [2.24, 2.45) is 17.8 Å². The van der Waals surface area contributed by atoms with E-state index in [1.165, 1.54) is 0 Å². The van der Waals surface area contributed by atoms with E-state index in [-0.39, 0.29) is 29.7 Å². The molecule has 160 valence electrons. The van der Waals surface area contributed by atoms with E-state index in [9.17, 15) is 5.11 Å². The smallest absolute Gasteiger partial charge is 0.223 e. The third kappa shape index (κ3) is 3.84. The molecule has 4 unspecified atom stereocenters. The zero-order valence-electron chi connectivity index (χ0n) is 17.5. The number of hydrogen-bond donors (Lipinski definition) is 3. The fourth-order valence-electron chi connectivity index (χ4n) is 4.44. The lowest BCUT2D eigenvalue weighted by atomic mass is 9.92. The summed E-state index contributed by atoms with van der Waals surface area (Å²) < 4.78 is 6.06. The van der Waals surface area contributed by atoms with Crippen molar-refractivity contribution in [2.75, 3.05) is 17.7 Å². The Hall–Kier alpha value is -2.38. The summed E-state index contributed by atoms with van der Waals surface area (Å²) in [4.78, 5) is 13.0. The number of rotatable bonds is 6. The van der Waals surface area contributed by atoms with Crippen LogP contribution in [0.2, 0.25) is 5.15 Å². The minimum Gasteiger partial charge on any atom is -0.454 e. The Morgan fingerprint density at radius 1 is 1.27 bits per heavy atom. The summed E-state index contributed by atoms with van der Waals surface area (Å²) in [6.07, 6.45) is 4.54. The number of aromatic nitrogens is 3. The summed E-state index contributed by atoms with van der Waals surface area (Å²) in [6.45, 7) is 6.67. The number of anilines is 2. The van der Waals surface area contributed by atoms with Crippen LogP contribution >= 0.6 is 11.6 Å². The lowest BCUT2D eigenvalue weighted by Gasteiger charge is -2.21. The quantitative estimate of drug-likeness (QED) is 0.493. The molecule has 4 N–H and O–H groups in total. The molecule has 3 aromatic heterocycles. The van der Waals surface area contributed by atoms with E-state index in [0.29, 0.717) is 34.6 Å². The first-order chi connectivity index (χ1) is 14.4. The summed E-state index contributed by atoms with van der Waals surface area (Å²) in [5.74, 6) is 2.25. The van der Waals surface area contributed by atoms with Crippen LogP contribution < -0.4 is 11.1 Å². The van der Waals surface area contributed by atoms with E-state index in [1.807, 2.05) is 12.1 Å². The maximum Gasteiger partial charge on any atom is 0.223 e. The number of aliphatic hydroxyl groups excluding tert-OH is 1. The number of fused-ring (bicyclic) bond motifs is 1. The third-order valence-corrected chi connectivity index (χ3v) is 6.69. The summed E-state index contributed by atoms with van der Waals surface area (Å²) >= 11 is 6.50. The Bertz CT molecular complexity index is 1050. The van der Waals surface area contributed by atoms with Crippen LogP contribution in [0.4, 0.5) is 11.8 Å². The number of furan rings is 1. The molecule has 1 aliphatic carbocycles. The van der Waals surface area contributed by atoms with Crippen LogP contribution in [-0.4, -0.2) is 32.7 Å². The summed E-state index contributed by atoms with van der Waals surface area (Å²) in [7, 11) is 0. The van der Waals surface area contributed by atoms with Crippen molar-refractivity contribution in [3.63, 3.8) is 0 Å². The molecule has 30 heavy (non-hydrogen) atoms. The number of nitrogens with zero attached hydrogens (tertiary/aromatic N) is 3. The van der Waals surface area contributed by atoms with Crippen molar-refractivity contribution < 1.29 is 9.52 Å². The zero-order chi connectivity index (χ0) is 21.4. The molecule has 1 aliphatic rings. The second-order valence-electron chi connectivity index (χ2n) is 8.32. The molecule has 8 heteroatoms. The third-order valence-electron chi connectivity index (χ3n) is 6.42. The number of hydrogen-bond acceptors (Lipinski definition) is 7. The molecule has 0 spiro atoms. The molecule has 4 rings (SSSR count). The Labute approximate surface area is 181 Å².